The lowest BCUT2D eigenvalue weighted by Gasteiger charge is -2.52. The van der Waals surface area contributed by atoms with E-state index in [1.165, 1.54) is 53.7 Å². The van der Waals surface area contributed by atoms with Crippen molar-refractivity contribution in [1.82, 2.24) is 28.9 Å². The number of hydrogen-bond acceptors (Lipinski definition) is 16. The van der Waals surface area contributed by atoms with E-state index >= 15 is 31.1 Å². The molecule has 8 aromatic rings. The molecule has 0 saturated carbocycles. The quantitative estimate of drug-likeness (QED) is 0.0392. The Balaban J connectivity index is 0.000000223. The van der Waals surface area contributed by atoms with Crippen molar-refractivity contribution >= 4 is 89.3 Å². The van der Waals surface area contributed by atoms with Crippen molar-refractivity contribution in [2.24, 2.45) is 0 Å². The van der Waals surface area contributed by atoms with E-state index in [-0.39, 0.29) is 118 Å². The van der Waals surface area contributed by atoms with Crippen LogP contribution >= 0.6 is 15.9 Å². The average molecular weight is 1750 g/mol. The number of ether oxygens (including phenoxy) is 4. The van der Waals surface area contributed by atoms with Crippen molar-refractivity contribution < 1.29 is 63.7 Å². The summed E-state index contributed by atoms with van der Waals surface area (Å²) in [5.41, 5.74) is -0.745. The zero-order valence-electron chi connectivity index (χ0n) is 74.1. The van der Waals surface area contributed by atoms with Crippen LogP contribution < -0.4 is 40.6 Å². The lowest BCUT2D eigenvalue weighted by atomic mass is 9.95. The summed E-state index contributed by atoms with van der Waals surface area (Å²) >= 11 is 3.40. The summed E-state index contributed by atoms with van der Waals surface area (Å²) in [5.74, 6) is -6.51. The van der Waals surface area contributed by atoms with E-state index in [0.29, 0.717) is 76.4 Å². The van der Waals surface area contributed by atoms with Crippen molar-refractivity contribution in [2.45, 2.75) is 235 Å². The molecule has 4 atom stereocenters. The van der Waals surface area contributed by atoms with Gasteiger partial charge >= 0.3 is 12.2 Å². The van der Waals surface area contributed by atoms with Gasteiger partial charge in [0.25, 0.3) is 11.1 Å². The topological polar surface area (TPSA) is 188 Å². The Morgan fingerprint density at radius 3 is 1.36 bits per heavy atom. The highest BCUT2D eigenvalue weighted by molar-refractivity contribution is 9.09. The fourth-order valence-electron chi connectivity index (χ4n) is 15.5. The first-order valence-corrected chi connectivity index (χ1v) is 48.0. The number of benzene rings is 4. The number of nitrogens with one attached hydrogen (secondary N) is 1. The van der Waals surface area contributed by atoms with Crippen LogP contribution in [-0.4, -0.2) is 172 Å². The smallest absolute Gasteiger partial charge is 0.410 e. The number of amides is 2. The standard InChI is InChI=1S/C45H60F3N5O5Si.C36H40F3N5O4.C9H21BrOSi/c1-26(2)37-38(27(3)18-19-49-37)53-39-30(22-32(47)35(36(39)48)34-31(46)16-14-17-33(34)56-11)40-41(42(53)54)50(20-15-21-57-59(12,13)45(8,9)10)24-29-25-51(28(4)23-52(29)40)43(55)58-44(5,6)7;1-18(2)29-31(19(3)12-13-40-29)44-32-22(14-24(38)27(28(32)39)26-23(37)10-9-11-25(26)47-8)33-30(34(44)45)41-15-21-17-42(20(4)16-43(21)33)35(46)48-36(5,6)7;1-9(2,3)12(4,5)11-8-6-7-10/h14,16-19,22,26,28-29H,15,20-21,23-25H2,1-13H3;9-14,18,20-21,41H,15-17H2,1-8H3;6-8H2,1-5H3/t28-,29+;20-,21+;/m11./s1. The Hall–Kier alpha value is -8.65. The summed E-state index contributed by atoms with van der Waals surface area (Å²) < 4.78 is 137. The minimum absolute atomic E-state index is 0.00281. The molecule has 0 bridgehead atoms. The summed E-state index contributed by atoms with van der Waals surface area (Å²) in [6, 6.07) is 12.2. The van der Waals surface area contributed by atoms with Gasteiger partial charge < -0.3 is 57.6 Å². The molecule has 12 rings (SSSR count). The lowest BCUT2D eigenvalue weighted by Crippen LogP contribution is -2.65. The molecule has 1 N–H and O–H groups in total. The van der Waals surface area contributed by atoms with Crippen molar-refractivity contribution in [3.63, 3.8) is 0 Å². The highest BCUT2D eigenvalue weighted by atomic mass is 79.9. The maximum absolute atomic E-state index is 17.9. The van der Waals surface area contributed by atoms with Gasteiger partial charge in [-0.1, -0.05) is 97.3 Å². The number of piperazine rings is 2. The van der Waals surface area contributed by atoms with E-state index in [9.17, 15) is 14.4 Å². The molecule has 0 aliphatic carbocycles. The van der Waals surface area contributed by atoms with Crippen molar-refractivity contribution in [3.05, 3.63) is 151 Å². The van der Waals surface area contributed by atoms with E-state index in [1.807, 2.05) is 83.9 Å². The maximum atomic E-state index is 17.9. The fourth-order valence-corrected chi connectivity index (χ4v) is 17.9. The average Bonchev–Trinajstić information content (AvgIpc) is 0.714. The van der Waals surface area contributed by atoms with Gasteiger partial charge in [-0.15, -0.1) is 0 Å². The van der Waals surface area contributed by atoms with Gasteiger partial charge in [-0.2, -0.15) is 0 Å². The molecule has 119 heavy (non-hydrogen) atoms. The number of nitrogens with zero attached hydrogens (tertiary/aromatic N) is 9. The Kier molecular flexibility index (Phi) is 27.9. The third kappa shape index (κ3) is 18.9. The molecule has 29 heteroatoms. The normalized spacial score (nSPS) is 17.1. The number of methoxy groups -OCH3 is 2. The molecule has 4 aromatic carbocycles. The number of aromatic nitrogens is 4. The van der Waals surface area contributed by atoms with E-state index < -0.39 is 108 Å². The molecule has 0 unspecified atom stereocenters. The number of fused-ring (bicyclic) bond motifs is 10. The summed E-state index contributed by atoms with van der Waals surface area (Å²) in [7, 11) is -0.965. The first-order valence-electron chi connectivity index (χ1n) is 41.1. The van der Waals surface area contributed by atoms with Crippen LogP contribution in [0.2, 0.25) is 36.3 Å². The molecule has 20 nitrogen and oxygen atoms in total. The van der Waals surface area contributed by atoms with Crippen molar-refractivity contribution in [1.29, 1.82) is 0 Å². The number of carbonyl (C=O) groups excluding carboxylic acids is 2. The monoisotopic (exact) mass is 1750 g/mol. The molecule has 4 aliphatic rings. The first-order chi connectivity index (χ1) is 55.4. The highest BCUT2D eigenvalue weighted by Crippen LogP contribution is 2.50. The van der Waals surface area contributed by atoms with Crippen LogP contribution in [0.3, 0.4) is 0 Å². The molecule has 2 amide bonds. The third-order valence-corrected chi connectivity index (χ3v) is 33.2. The van der Waals surface area contributed by atoms with E-state index in [0.717, 1.165) is 36.6 Å². The maximum Gasteiger partial charge on any atom is 0.410 e. The van der Waals surface area contributed by atoms with Crippen LogP contribution in [0, 0.1) is 48.8 Å². The number of rotatable bonds is 17. The van der Waals surface area contributed by atoms with Gasteiger partial charge in [-0.3, -0.25) is 28.7 Å². The Morgan fingerprint density at radius 1 is 0.538 bits per heavy atom. The number of pyridine rings is 4. The Labute approximate surface area is 707 Å². The van der Waals surface area contributed by atoms with Crippen molar-refractivity contribution in [2.75, 3.05) is 98.6 Å². The van der Waals surface area contributed by atoms with E-state index in [1.54, 1.807) is 62.0 Å². The predicted octanol–water partition coefficient (Wildman–Crippen LogP) is 20.9. The van der Waals surface area contributed by atoms with Gasteiger partial charge in [-0.05, 0) is 190 Å². The molecule has 4 aliphatic heterocycles. The first kappa shape index (κ1) is 92.6. The van der Waals surface area contributed by atoms with E-state index in [4.69, 9.17) is 27.8 Å². The number of aryl methyl sites for hydroxylation is 2. The molecular formula is C90H121BrF6N10O10Si2. The molecule has 4 aromatic heterocycles. The lowest BCUT2D eigenvalue weighted by molar-refractivity contribution is 0.0116. The molecule has 648 valence electrons. The van der Waals surface area contributed by atoms with Gasteiger partial charge in [0.2, 0.25) is 0 Å². The van der Waals surface area contributed by atoms with Crippen LogP contribution in [0.1, 0.15) is 172 Å². The minimum atomic E-state index is -2.10. The summed E-state index contributed by atoms with van der Waals surface area (Å²) in [5, 5.41) is 4.88. The second kappa shape index (κ2) is 35.8. The summed E-state index contributed by atoms with van der Waals surface area (Å²) in [6.45, 7) is 51.7. The minimum Gasteiger partial charge on any atom is -0.496 e. The van der Waals surface area contributed by atoms with Crippen LogP contribution in [-0.2, 0) is 18.3 Å². The van der Waals surface area contributed by atoms with Gasteiger partial charge in [-0.25, -0.2) is 35.9 Å². The zero-order chi connectivity index (χ0) is 88.2. The molecule has 2 fully saturated rings. The van der Waals surface area contributed by atoms with E-state index in [2.05, 4.69) is 98.9 Å². The predicted molar refractivity (Wildman–Crippen MR) is 473 cm³/mol. The third-order valence-electron chi connectivity index (χ3n) is 23.5. The number of anilines is 4. The summed E-state index contributed by atoms with van der Waals surface area (Å²) in [4.78, 5) is 75.6. The van der Waals surface area contributed by atoms with Crippen LogP contribution in [0.4, 0.5) is 58.7 Å². The Bertz CT molecular complexity index is 5250. The van der Waals surface area contributed by atoms with Gasteiger partial charge in [0.1, 0.15) is 57.3 Å². The number of halogens is 7. The SMILES string of the molecule is CC(C)(C)[Si](C)(C)OCCCBr.COc1cccc(F)c1-c1c(F)cc2c3c(c(=O)n(-c4c(C)ccnc4C(C)C)c2c1F)N(CCCO[Si](C)(C)C(C)(C)C)C[C@H]1CN(C(=O)OC(C)(C)C)[C@H](C)CN31.COc1cccc(F)c1-c1c(F)cc2c3c(c(=O)n(-c4c(C)ccnc4C(C)C)c2c1F)NC[C@H]1CN(C(=O)OC(C)(C)C)[C@H](C)CN31. The second-order valence-corrected chi connectivity index (χ2v) is 47.7. The molecule has 8 heterocycles. The van der Waals surface area contributed by atoms with Crippen LogP contribution in [0.5, 0.6) is 11.5 Å². The highest BCUT2D eigenvalue weighted by Gasteiger charge is 2.47. The molecule has 0 radical (unpaired) electrons. The zero-order valence-corrected chi connectivity index (χ0v) is 77.7. The molecule has 0 spiro atoms. The van der Waals surface area contributed by atoms with Crippen LogP contribution in [0.15, 0.2) is 82.6 Å². The number of carbonyl (C=O) groups is 2. The Morgan fingerprint density at radius 2 is 0.950 bits per heavy atom. The van der Waals surface area contributed by atoms with Gasteiger partial charge in [0.05, 0.1) is 93.7 Å². The van der Waals surface area contributed by atoms with Crippen LogP contribution in [0.25, 0.3) is 55.4 Å². The fraction of sp³-hybridized carbons (Fsp3) is 0.533. The number of alkyl halides is 1. The van der Waals surface area contributed by atoms with Gasteiger partial charge in [0.15, 0.2) is 28.3 Å². The number of hydrogen-bond donors (Lipinski definition) is 1. The largest absolute Gasteiger partial charge is 0.496 e. The second-order valence-electron chi connectivity index (χ2n) is 37.3. The van der Waals surface area contributed by atoms with Gasteiger partial charge in [0, 0.05) is 99.6 Å². The summed E-state index contributed by atoms with van der Waals surface area (Å²) in [6.07, 6.45) is 4.04. The molecule has 2 saturated heterocycles. The van der Waals surface area contributed by atoms with Crippen molar-refractivity contribution in [3.8, 4) is 45.1 Å². The molecular weight excluding hydrogens is 1630 g/mol.